The van der Waals surface area contributed by atoms with Crippen LogP contribution in [0.15, 0.2) is 30.6 Å². The van der Waals surface area contributed by atoms with E-state index in [1.54, 1.807) is 0 Å². The molecule has 2 rings (SSSR count). The van der Waals surface area contributed by atoms with Crippen molar-refractivity contribution in [3.63, 3.8) is 0 Å². The van der Waals surface area contributed by atoms with Gasteiger partial charge in [-0.25, -0.2) is 18.7 Å². The van der Waals surface area contributed by atoms with Crippen molar-refractivity contribution >= 4 is 34.7 Å². The summed E-state index contributed by atoms with van der Waals surface area (Å²) in [6.07, 6.45) is 3.07. The van der Waals surface area contributed by atoms with Crippen LogP contribution in [0.3, 0.4) is 0 Å². The fourth-order valence-corrected chi connectivity index (χ4v) is 1.98. The Hall–Kier alpha value is -1.86. The lowest BCUT2D eigenvalue weighted by Gasteiger charge is -2.11. The zero-order chi connectivity index (χ0) is 15.2. The lowest BCUT2D eigenvalue weighted by atomic mass is 10.1. The van der Waals surface area contributed by atoms with Crippen molar-refractivity contribution < 1.29 is 8.78 Å². The second kappa shape index (κ2) is 7.24. The van der Waals surface area contributed by atoms with Crippen LogP contribution in [0, 0.1) is 11.6 Å². The first kappa shape index (κ1) is 15.5. The molecule has 0 radical (unpaired) electrons. The predicted molar refractivity (Wildman–Crippen MR) is 81.3 cm³/mol. The summed E-state index contributed by atoms with van der Waals surface area (Å²) in [6.45, 7) is 0.265. The highest BCUT2D eigenvalue weighted by atomic mass is 35.5. The van der Waals surface area contributed by atoms with E-state index in [1.165, 1.54) is 30.6 Å². The van der Waals surface area contributed by atoms with Gasteiger partial charge in [0.1, 0.15) is 11.6 Å². The van der Waals surface area contributed by atoms with E-state index >= 15 is 0 Å². The molecule has 0 saturated carbocycles. The Balaban J connectivity index is 1.86. The Labute approximate surface area is 130 Å². The largest absolute Gasteiger partial charge is 0.362 e. The van der Waals surface area contributed by atoms with Gasteiger partial charge >= 0.3 is 0 Å². The first-order valence-electron chi connectivity index (χ1n) is 6.02. The second-order valence-corrected chi connectivity index (χ2v) is 4.79. The topological polar surface area (TPSA) is 49.8 Å². The average Bonchev–Trinajstić information content (AvgIpc) is 2.45. The molecule has 1 heterocycles. The van der Waals surface area contributed by atoms with Crippen LogP contribution in [-0.2, 0) is 6.42 Å². The number of anilines is 1. The van der Waals surface area contributed by atoms with Gasteiger partial charge in [0, 0.05) is 24.5 Å². The molecule has 0 aliphatic heterocycles. The number of halogens is 3. The minimum Gasteiger partial charge on any atom is -0.362 e. The molecular weight excluding hydrogens is 318 g/mol. The molecule has 4 nitrogen and oxygen atoms in total. The first-order chi connectivity index (χ1) is 10.1. The molecular formula is C13H11ClF2N4S. The molecule has 8 heteroatoms. The van der Waals surface area contributed by atoms with Crippen LogP contribution in [0.5, 0.6) is 0 Å². The number of hydrogen-bond acceptors (Lipinski definition) is 3. The van der Waals surface area contributed by atoms with Gasteiger partial charge in [-0.1, -0.05) is 17.7 Å². The normalized spacial score (nSPS) is 10.2. The first-order valence-corrected chi connectivity index (χ1v) is 6.81. The molecule has 21 heavy (non-hydrogen) atoms. The highest BCUT2D eigenvalue weighted by Gasteiger charge is 2.08. The Morgan fingerprint density at radius 3 is 2.52 bits per heavy atom. The molecule has 0 aliphatic carbocycles. The monoisotopic (exact) mass is 328 g/mol. The van der Waals surface area contributed by atoms with Gasteiger partial charge in [0.15, 0.2) is 16.1 Å². The van der Waals surface area contributed by atoms with E-state index in [1.807, 2.05) is 0 Å². The maximum atomic E-state index is 13.4. The summed E-state index contributed by atoms with van der Waals surface area (Å²) in [5.41, 5.74) is 0.0188. The van der Waals surface area contributed by atoms with Crippen LogP contribution in [0.25, 0.3) is 0 Å². The highest BCUT2D eigenvalue weighted by molar-refractivity contribution is 7.80. The number of aromatic nitrogens is 2. The summed E-state index contributed by atoms with van der Waals surface area (Å²) in [5.74, 6) is -0.839. The number of nitrogens with zero attached hydrogens (tertiary/aromatic N) is 2. The van der Waals surface area contributed by atoms with Gasteiger partial charge in [-0.3, -0.25) is 0 Å². The van der Waals surface area contributed by atoms with Crippen molar-refractivity contribution in [2.75, 3.05) is 11.9 Å². The summed E-state index contributed by atoms with van der Waals surface area (Å²) < 4.78 is 26.8. The summed E-state index contributed by atoms with van der Waals surface area (Å²) in [4.78, 5) is 7.80. The van der Waals surface area contributed by atoms with Gasteiger partial charge in [-0.05, 0) is 30.8 Å². The standard InChI is InChI=1S/C13H11ClF2N4S/c14-11-12(18-7-6-17-11)20-13(21)19-5-4-8-9(15)2-1-3-10(8)16/h1-3,6-7H,4-5H2,(H2,18,19,20,21). The van der Waals surface area contributed by atoms with E-state index in [0.29, 0.717) is 5.82 Å². The zero-order valence-electron chi connectivity index (χ0n) is 10.7. The van der Waals surface area contributed by atoms with E-state index in [4.69, 9.17) is 23.8 Å². The van der Waals surface area contributed by atoms with Crippen LogP contribution in [0.2, 0.25) is 5.15 Å². The number of nitrogens with one attached hydrogen (secondary N) is 2. The minimum absolute atomic E-state index is 0.0188. The van der Waals surface area contributed by atoms with E-state index in [0.717, 1.165) is 0 Å². The van der Waals surface area contributed by atoms with Crippen LogP contribution >= 0.6 is 23.8 Å². The minimum atomic E-state index is -0.576. The average molecular weight is 329 g/mol. The molecule has 2 aromatic rings. The van der Waals surface area contributed by atoms with Gasteiger partial charge in [0.25, 0.3) is 0 Å². The maximum absolute atomic E-state index is 13.4. The van der Waals surface area contributed by atoms with Crippen molar-refractivity contribution in [3.8, 4) is 0 Å². The third-order valence-electron chi connectivity index (χ3n) is 2.61. The summed E-state index contributed by atoms with van der Waals surface area (Å²) >= 11 is 10.9. The fourth-order valence-electron chi connectivity index (χ4n) is 1.63. The van der Waals surface area contributed by atoms with Gasteiger partial charge < -0.3 is 10.6 Å². The van der Waals surface area contributed by atoms with Crippen LogP contribution in [-0.4, -0.2) is 21.6 Å². The molecule has 1 aromatic carbocycles. The van der Waals surface area contributed by atoms with Crippen molar-refractivity contribution in [1.82, 2.24) is 15.3 Å². The van der Waals surface area contributed by atoms with E-state index in [-0.39, 0.29) is 28.8 Å². The predicted octanol–water partition coefficient (Wildman–Crippen LogP) is 2.94. The lowest BCUT2D eigenvalue weighted by Crippen LogP contribution is -2.31. The Morgan fingerprint density at radius 2 is 1.86 bits per heavy atom. The van der Waals surface area contributed by atoms with Gasteiger partial charge in [-0.15, -0.1) is 0 Å². The van der Waals surface area contributed by atoms with E-state index in [2.05, 4.69) is 20.6 Å². The molecule has 0 spiro atoms. The van der Waals surface area contributed by atoms with Crippen molar-refractivity contribution in [1.29, 1.82) is 0 Å². The smallest absolute Gasteiger partial charge is 0.172 e. The SMILES string of the molecule is Fc1cccc(F)c1CCNC(=S)Nc1nccnc1Cl. The summed E-state index contributed by atoms with van der Waals surface area (Å²) in [5, 5.41) is 6.00. The third-order valence-corrected chi connectivity index (χ3v) is 3.13. The Kier molecular flexibility index (Phi) is 5.35. The molecule has 2 N–H and O–H groups in total. The van der Waals surface area contributed by atoms with Crippen molar-refractivity contribution in [2.45, 2.75) is 6.42 Å². The van der Waals surface area contributed by atoms with Crippen molar-refractivity contribution in [3.05, 3.63) is 52.9 Å². The van der Waals surface area contributed by atoms with Crippen LogP contribution in [0.4, 0.5) is 14.6 Å². The molecule has 0 aliphatic rings. The summed E-state index contributed by atoms with van der Waals surface area (Å²) in [6, 6.07) is 3.76. The molecule has 0 atom stereocenters. The van der Waals surface area contributed by atoms with E-state index < -0.39 is 11.6 Å². The molecule has 0 fully saturated rings. The lowest BCUT2D eigenvalue weighted by molar-refractivity contribution is 0.553. The van der Waals surface area contributed by atoms with Gasteiger partial charge in [0.2, 0.25) is 0 Å². The molecule has 0 saturated heterocycles. The van der Waals surface area contributed by atoms with Crippen LogP contribution < -0.4 is 10.6 Å². The fraction of sp³-hybridized carbons (Fsp3) is 0.154. The molecule has 0 unspecified atom stereocenters. The molecule has 0 amide bonds. The molecule has 1 aromatic heterocycles. The number of benzene rings is 1. The van der Waals surface area contributed by atoms with E-state index in [9.17, 15) is 8.78 Å². The summed E-state index contributed by atoms with van der Waals surface area (Å²) in [7, 11) is 0. The molecule has 0 bridgehead atoms. The zero-order valence-corrected chi connectivity index (χ0v) is 12.3. The number of rotatable bonds is 4. The second-order valence-electron chi connectivity index (χ2n) is 4.03. The highest BCUT2D eigenvalue weighted by Crippen LogP contribution is 2.14. The van der Waals surface area contributed by atoms with Crippen LogP contribution in [0.1, 0.15) is 5.56 Å². The maximum Gasteiger partial charge on any atom is 0.172 e. The number of thiocarbonyl (C=S) groups is 1. The van der Waals surface area contributed by atoms with Crippen molar-refractivity contribution in [2.24, 2.45) is 0 Å². The van der Waals surface area contributed by atoms with Gasteiger partial charge in [-0.2, -0.15) is 0 Å². The van der Waals surface area contributed by atoms with Gasteiger partial charge in [0.05, 0.1) is 0 Å². The molecule has 110 valence electrons. The quantitative estimate of drug-likeness (QED) is 0.845. The number of hydrogen-bond donors (Lipinski definition) is 2. The third kappa shape index (κ3) is 4.30. The Morgan fingerprint density at radius 1 is 1.19 bits per heavy atom. The Bertz CT molecular complexity index is 634.